The zero-order chi connectivity index (χ0) is 20.6. The number of H-pyrrole nitrogens is 1. The molecule has 29 heavy (non-hydrogen) atoms. The van der Waals surface area contributed by atoms with Gasteiger partial charge in [0.25, 0.3) is 5.56 Å². The van der Waals surface area contributed by atoms with Crippen molar-refractivity contribution in [2.24, 2.45) is 0 Å². The number of hydrogen-bond donors (Lipinski definition) is 2. The first-order valence-corrected chi connectivity index (χ1v) is 9.08. The third-order valence-corrected chi connectivity index (χ3v) is 4.85. The molecule has 3 heterocycles. The molecule has 1 saturated heterocycles. The van der Waals surface area contributed by atoms with Crippen LogP contribution in [0.3, 0.4) is 0 Å². The van der Waals surface area contributed by atoms with Crippen molar-refractivity contribution in [1.29, 1.82) is 0 Å². The van der Waals surface area contributed by atoms with Gasteiger partial charge < -0.3 is 20.1 Å². The molecule has 0 saturated carbocycles. The van der Waals surface area contributed by atoms with Crippen LogP contribution in [0.5, 0.6) is 0 Å². The van der Waals surface area contributed by atoms with E-state index in [-0.39, 0.29) is 16.9 Å². The second kappa shape index (κ2) is 7.36. The van der Waals surface area contributed by atoms with Crippen LogP contribution < -0.4 is 15.8 Å². The molecule has 7 nitrogen and oxygen atoms in total. The lowest BCUT2D eigenvalue weighted by Crippen LogP contribution is -2.45. The molecule has 0 aliphatic carbocycles. The number of alkyl halides is 3. The number of nitrogens with zero attached hydrogens (tertiary/aromatic N) is 4. The first-order chi connectivity index (χ1) is 13.8. The Morgan fingerprint density at radius 2 is 1.86 bits per heavy atom. The van der Waals surface area contributed by atoms with Crippen LogP contribution in [-0.4, -0.2) is 53.1 Å². The second-order valence-electron chi connectivity index (χ2n) is 6.93. The quantitative estimate of drug-likeness (QED) is 0.699. The van der Waals surface area contributed by atoms with Crippen molar-refractivity contribution in [2.45, 2.75) is 6.18 Å². The summed E-state index contributed by atoms with van der Waals surface area (Å²) in [6, 6.07) is 6.43. The molecule has 10 heteroatoms. The maximum Gasteiger partial charge on any atom is 0.416 e. The largest absolute Gasteiger partial charge is 0.416 e. The molecule has 0 atom stereocenters. The molecule has 1 fully saturated rings. The Morgan fingerprint density at radius 1 is 1.10 bits per heavy atom. The van der Waals surface area contributed by atoms with Gasteiger partial charge in [-0.1, -0.05) is 6.07 Å². The van der Waals surface area contributed by atoms with Gasteiger partial charge >= 0.3 is 6.18 Å². The van der Waals surface area contributed by atoms with E-state index in [2.05, 4.69) is 25.2 Å². The van der Waals surface area contributed by atoms with E-state index in [1.54, 1.807) is 6.07 Å². The molecule has 2 N–H and O–H groups in total. The minimum absolute atomic E-state index is 0.171. The Kier molecular flexibility index (Phi) is 4.87. The van der Waals surface area contributed by atoms with E-state index in [9.17, 15) is 18.0 Å². The van der Waals surface area contributed by atoms with Crippen LogP contribution in [0.1, 0.15) is 5.56 Å². The number of aromatic nitrogens is 3. The molecule has 0 radical (unpaired) electrons. The Hall–Kier alpha value is -3.14. The van der Waals surface area contributed by atoms with Crippen molar-refractivity contribution in [3.05, 3.63) is 52.4 Å². The summed E-state index contributed by atoms with van der Waals surface area (Å²) in [6.45, 7) is 3.11. The summed E-state index contributed by atoms with van der Waals surface area (Å²) in [5.74, 6) is 0.607. The molecule has 2 aromatic heterocycles. The van der Waals surface area contributed by atoms with Crippen LogP contribution in [0.15, 0.2) is 41.3 Å². The Bertz CT molecular complexity index is 1090. The fourth-order valence-corrected chi connectivity index (χ4v) is 3.23. The summed E-state index contributed by atoms with van der Waals surface area (Å²) in [7, 11) is 2.03. The van der Waals surface area contributed by atoms with Gasteiger partial charge in [-0.25, -0.2) is 4.98 Å². The van der Waals surface area contributed by atoms with E-state index in [0.29, 0.717) is 24.6 Å². The van der Waals surface area contributed by atoms with Crippen LogP contribution in [0, 0.1) is 0 Å². The van der Waals surface area contributed by atoms with E-state index in [4.69, 9.17) is 0 Å². The van der Waals surface area contributed by atoms with Crippen molar-refractivity contribution in [3.63, 3.8) is 0 Å². The highest BCUT2D eigenvalue weighted by atomic mass is 19.4. The Balaban J connectivity index is 1.77. The van der Waals surface area contributed by atoms with Gasteiger partial charge in [-0.2, -0.15) is 18.2 Å². The van der Waals surface area contributed by atoms with E-state index in [0.717, 1.165) is 25.2 Å². The number of rotatable bonds is 3. The van der Waals surface area contributed by atoms with Crippen LogP contribution in [-0.2, 0) is 6.18 Å². The maximum absolute atomic E-state index is 13.0. The van der Waals surface area contributed by atoms with Crippen LogP contribution in [0.4, 0.5) is 30.6 Å². The van der Waals surface area contributed by atoms with Crippen LogP contribution >= 0.6 is 0 Å². The number of halogens is 3. The molecule has 152 valence electrons. The number of aromatic amines is 1. The summed E-state index contributed by atoms with van der Waals surface area (Å²) >= 11 is 0. The highest BCUT2D eigenvalue weighted by molar-refractivity contribution is 5.91. The lowest BCUT2D eigenvalue weighted by molar-refractivity contribution is -0.137. The van der Waals surface area contributed by atoms with Crippen molar-refractivity contribution >= 4 is 28.4 Å². The predicted molar refractivity (Wildman–Crippen MR) is 105 cm³/mol. The third kappa shape index (κ3) is 4.02. The number of nitrogens with one attached hydrogen (secondary N) is 2. The van der Waals surface area contributed by atoms with Gasteiger partial charge in [-0.3, -0.25) is 4.79 Å². The molecule has 3 aromatic rings. The van der Waals surface area contributed by atoms with E-state index in [1.807, 2.05) is 11.9 Å². The first kappa shape index (κ1) is 19.2. The summed E-state index contributed by atoms with van der Waals surface area (Å²) in [5, 5.41) is 3.08. The van der Waals surface area contributed by atoms with Crippen LogP contribution in [0.25, 0.3) is 10.9 Å². The molecule has 1 aliphatic rings. The van der Waals surface area contributed by atoms with Crippen LogP contribution in [0.2, 0.25) is 0 Å². The van der Waals surface area contributed by atoms with E-state index in [1.165, 1.54) is 18.3 Å². The number of likely N-dealkylation sites (N-methyl/N-ethyl adjacent to an activating group) is 1. The normalized spacial score (nSPS) is 15.7. The SMILES string of the molecule is CN1CCN(c2nc(Nc3cccc(C(F)(F)F)c3)c3c(=O)[nH]ccc3n2)CC1. The minimum atomic E-state index is -4.46. The molecule has 1 aromatic carbocycles. The monoisotopic (exact) mass is 404 g/mol. The molecular formula is C19H19F3N6O. The molecule has 0 spiro atoms. The highest BCUT2D eigenvalue weighted by Gasteiger charge is 2.30. The Labute approximate surface area is 164 Å². The van der Waals surface area contributed by atoms with Gasteiger partial charge in [0.2, 0.25) is 5.95 Å². The number of fused-ring (bicyclic) bond motifs is 1. The number of anilines is 3. The molecule has 1 aliphatic heterocycles. The summed E-state index contributed by atoms with van der Waals surface area (Å²) < 4.78 is 39.1. The molecule has 0 bridgehead atoms. The van der Waals surface area contributed by atoms with Crippen molar-refractivity contribution < 1.29 is 13.2 Å². The number of hydrogen-bond acceptors (Lipinski definition) is 6. The minimum Gasteiger partial charge on any atom is -0.339 e. The number of piperazine rings is 1. The van der Waals surface area contributed by atoms with Gasteiger partial charge in [0.15, 0.2) is 0 Å². The highest BCUT2D eigenvalue weighted by Crippen LogP contribution is 2.32. The zero-order valence-corrected chi connectivity index (χ0v) is 15.6. The van der Waals surface area contributed by atoms with Crippen molar-refractivity contribution in [1.82, 2.24) is 19.9 Å². The Morgan fingerprint density at radius 3 is 2.59 bits per heavy atom. The average molecular weight is 404 g/mol. The fraction of sp³-hybridized carbons (Fsp3) is 0.316. The topological polar surface area (TPSA) is 77.1 Å². The number of benzene rings is 1. The van der Waals surface area contributed by atoms with Gasteiger partial charge in [-0.15, -0.1) is 0 Å². The zero-order valence-electron chi connectivity index (χ0n) is 15.6. The van der Waals surface area contributed by atoms with Crippen molar-refractivity contribution in [3.8, 4) is 0 Å². The van der Waals surface area contributed by atoms with Gasteiger partial charge in [0, 0.05) is 38.1 Å². The lowest BCUT2D eigenvalue weighted by atomic mass is 10.2. The lowest BCUT2D eigenvalue weighted by Gasteiger charge is -2.32. The molecule has 0 amide bonds. The smallest absolute Gasteiger partial charge is 0.339 e. The van der Waals surface area contributed by atoms with Gasteiger partial charge in [0.1, 0.15) is 11.2 Å². The predicted octanol–water partition coefficient (Wildman–Crippen LogP) is 2.83. The summed E-state index contributed by atoms with van der Waals surface area (Å²) in [4.78, 5) is 28.1. The van der Waals surface area contributed by atoms with E-state index >= 15 is 0 Å². The summed E-state index contributed by atoms with van der Waals surface area (Å²) in [5.41, 5.74) is -0.587. The average Bonchev–Trinajstić information content (AvgIpc) is 2.68. The maximum atomic E-state index is 13.0. The van der Waals surface area contributed by atoms with Gasteiger partial charge in [0.05, 0.1) is 11.1 Å². The molecule has 0 unspecified atom stereocenters. The van der Waals surface area contributed by atoms with Crippen molar-refractivity contribution in [2.75, 3.05) is 43.4 Å². The number of pyridine rings is 1. The van der Waals surface area contributed by atoms with Gasteiger partial charge in [-0.05, 0) is 31.3 Å². The molecular weight excluding hydrogens is 385 g/mol. The third-order valence-electron chi connectivity index (χ3n) is 4.85. The standard InChI is InChI=1S/C19H19F3N6O/c1-27-7-9-28(10-8-27)18-25-14-5-6-23-17(29)15(14)16(26-18)24-13-4-2-3-12(11-13)19(20,21)22/h2-6,11H,7-10H2,1H3,(H,23,29)(H,24,25,26). The first-order valence-electron chi connectivity index (χ1n) is 9.08. The molecule has 4 rings (SSSR count). The summed E-state index contributed by atoms with van der Waals surface area (Å²) in [6.07, 6.45) is -2.98. The van der Waals surface area contributed by atoms with E-state index < -0.39 is 17.3 Å². The second-order valence-corrected chi connectivity index (χ2v) is 6.93. The fourth-order valence-electron chi connectivity index (χ4n) is 3.23.